The van der Waals surface area contributed by atoms with Crippen molar-refractivity contribution in [2.75, 3.05) is 0 Å². The van der Waals surface area contributed by atoms with E-state index in [0.717, 1.165) is 29.5 Å². The Labute approximate surface area is 210 Å². The number of alkyl halides is 3. The summed E-state index contributed by atoms with van der Waals surface area (Å²) in [7, 11) is 0. The summed E-state index contributed by atoms with van der Waals surface area (Å²) in [5.41, 5.74) is 3.18. The van der Waals surface area contributed by atoms with E-state index in [0.29, 0.717) is 23.2 Å². The van der Waals surface area contributed by atoms with Gasteiger partial charge in [-0.2, -0.15) is 13.2 Å². The Balaban J connectivity index is 1.77. The molecule has 0 aliphatic rings. The number of pyridine rings is 1. The van der Waals surface area contributed by atoms with Crippen LogP contribution in [0.15, 0.2) is 54.7 Å². The molecule has 0 aliphatic heterocycles. The molecule has 2 aromatic carbocycles. The lowest BCUT2D eigenvalue weighted by molar-refractivity contribution is -0.139. The molecule has 1 N–H and O–H groups in total. The molecule has 3 nitrogen and oxygen atoms in total. The zero-order valence-electron chi connectivity index (χ0n) is 18.2. The zero-order valence-corrected chi connectivity index (χ0v) is 20.4. The quantitative estimate of drug-likeness (QED) is 0.331. The molecule has 3 aromatic rings. The molecule has 1 atom stereocenters. The minimum Gasteiger partial charge on any atom is -0.348 e. The minimum absolute atomic E-state index is 0.000110. The predicted molar refractivity (Wildman–Crippen MR) is 131 cm³/mol. The van der Waals surface area contributed by atoms with Crippen molar-refractivity contribution in [2.45, 2.75) is 32.5 Å². The van der Waals surface area contributed by atoms with Gasteiger partial charge >= 0.3 is 6.18 Å². The number of hydrogen-bond donors (Lipinski definition) is 1. The Morgan fingerprint density at radius 3 is 2.29 bits per heavy atom. The van der Waals surface area contributed by atoms with Crippen LogP contribution in [0.2, 0.25) is 15.1 Å². The zero-order chi connectivity index (χ0) is 25.0. The van der Waals surface area contributed by atoms with Gasteiger partial charge in [-0.25, -0.2) is 0 Å². The van der Waals surface area contributed by atoms with Crippen LogP contribution in [0.1, 0.15) is 44.2 Å². The molecule has 1 aromatic heterocycles. The fourth-order valence-electron chi connectivity index (χ4n) is 3.30. The molecule has 34 heavy (non-hydrogen) atoms. The summed E-state index contributed by atoms with van der Waals surface area (Å²) >= 11 is 17.7. The smallest absolute Gasteiger partial charge is 0.348 e. The van der Waals surface area contributed by atoms with E-state index in [-0.39, 0.29) is 26.5 Å². The Hall–Kier alpha value is -2.54. The molecule has 1 amide bonds. The molecule has 9 heteroatoms. The topological polar surface area (TPSA) is 42.0 Å². The molecule has 0 saturated carbocycles. The number of halogens is 6. The summed E-state index contributed by atoms with van der Waals surface area (Å²) in [5, 5.41) is 2.71. The molecule has 0 bridgehead atoms. The predicted octanol–water partition coefficient (Wildman–Crippen LogP) is 7.95. The number of benzene rings is 2. The van der Waals surface area contributed by atoms with E-state index in [2.05, 4.69) is 10.3 Å². The van der Waals surface area contributed by atoms with Crippen LogP contribution in [0.3, 0.4) is 0 Å². The van der Waals surface area contributed by atoms with E-state index < -0.39 is 12.1 Å². The standard InChI is InChI=1S/C25H20Cl3F3N2O/c1-14-9-16(5-7-19(14)24(34)33-13-17-4-3-15(2)32-12-17)6-8-20(25(29,30)31)18-10-21(26)23(28)22(27)11-18/h3-12,20H,13H2,1-2H3,(H,33,34)/b8-6+. The van der Waals surface area contributed by atoms with Gasteiger partial charge in [-0.05, 0) is 60.4 Å². The van der Waals surface area contributed by atoms with Gasteiger partial charge in [0.1, 0.15) is 0 Å². The molecule has 1 heterocycles. The second kappa shape index (κ2) is 10.8. The summed E-state index contributed by atoms with van der Waals surface area (Å²) in [6, 6.07) is 10.8. The largest absolute Gasteiger partial charge is 0.399 e. The van der Waals surface area contributed by atoms with E-state index >= 15 is 0 Å². The van der Waals surface area contributed by atoms with E-state index in [1.165, 1.54) is 6.08 Å². The Morgan fingerprint density at radius 1 is 1.06 bits per heavy atom. The van der Waals surface area contributed by atoms with Crippen molar-refractivity contribution in [2.24, 2.45) is 0 Å². The molecule has 0 saturated heterocycles. The molecule has 0 spiro atoms. The lowest BCUT2D eigenvalue weighted by Gasteiger charge is -2.18. The summed E-state index contributed by atoms with van der Waals surface area (Å²) in [5.74, 6) is -2.22. The van der Waals surface area contributed by atoms with Gasteiger partial charge in [0.05, 0.1) is 21.0 Å². The van der Waals surface area contributed by atoms with Gasteiger partial charge in [0, 0.05) is 24.0 Å². The van der Waals surface area contributed by atoms with Crippen LogP contribution in [0.4, 0.5) is 13.2 Å². The number of aryl methyl sites for hydroxylation is 2. The fourth-order valence-corrected chi connectivity index (χ4v) is 3.91. The van der Waals surface area contributed by atoms with Crippen LogP contribution in [-0.4, -0.2) is 17.1 Å². The molecule has 1 unspecified atom stereocenters. The number of hydrogen-bond acceptors (Lipinski definition) is 2. The van der Waals surface area contributed by atoms with E-state index in [1.807, 2.05) is 19.1 Å². The van der Waals surface area contributed by atoms with Crippen LogP contribution in [0.25, 0.3) is 6.08 Å². The third kappa shape index (κ3) is 6.53. The van der Waals surface area contributed by atoms with Crippen molar-refractivity contribution in [1.82, 2.24) is 10.3 Å². The number of nitrogens with one attached hydrogen (secondary N) is 1. The van der Waals surface area contributed by atoms with Gasteiger partial charge in [-0.1, -0.05) is 65.2 Å². The summed E-state index contributed by atoms with van der Waals surface area (Å²) in [6.07, 6.45) is -0.513. The molecular formula is C25H20Cl3F3N2O. The van der Waals surface area contributed by atoms with Crippen LogP contribution in [-0.2, 0) is 6.54 Å². The monoisotopic (exact) mass is 526 g/mol. The highest BCUT2D eigenvalue weighted by Crippen LogP contribution is 2.41. The number of nitrogens with zero attached hydrogens (tertiary/aromatic N) is 1. The average Bonchev–Trinajstić information content (AvgIpc) is 2.76. The first-order valence-electron chi connectivity index (χ1n) is 10.2. The maximum Gasteiger partial charge on any atom is 0.399 e. The first-order chi connectivity index (χ1) is 16.0. The molecule has 3 rings (SSSR count). The van der Waals surface area contributed by atoms with Crippen molar-refractivity contribution in [3.05, 3.63) is 103 Å². The number of carbonyl (C=O) groups excluding carboxylic acids is 1. The van der Waals surface area contributed by atoms with E-state index in [1.54, 1.807) is 31.3 Å². The highest BCUT2D eigenvalue weighted by atomic mass is 35.5. The van der Waals surface area contributed by atoms with Crippen molar-refractivity contribution < 1.29 is 18.0 Å². The van der Waals surface area contributed by atoms with Gasteiger partial charge in [-0.15, -0.1) is 0 Å². The first-order valence-corrected chi connectivity index (χ1v) is 11.3. The van der Waals surface area contributed by atoms with Crippen LogP contribution >= 0.6 is 34.8 Å². The number of carbonyl (C=O) groups is 1. The Morgan fingerprint density at radius 2 is 1.74 bits per heavy atom. The molecule has 0 fully saturated rings. The normalized spacial score (nSPS) is 12.7. The molecule has 0 radical (unpaired) electrons. The van der Waals surface area contributed by atoms with Gasteiger partial charge < -0.3 is 5.32 Å². The highest BCUT2D eigenvalue weighted by molar-refractivity contribution is 6.48. The van der Waals surface area contributed by atoms with Crippen molar-refractivity contribution >= 4 is 46.8 Å². The number of allylic oxidation sites excluding steroid dienone is 1. The lowest BCUT2D eigenvalue weighted by atomic mass is 9.96. The van der Waals surface area contributed by atoms with Gasteiger partial charge in [0.2, 0.25) is 0 Å². The number of amides is 1. The van der Waals surface area contributed by atoms with Crippen molar-refractivity contribution in [3.8, 4) is 0 Å². The van der Waals surface area contributed by atoms with Crippen molar-refractivity contribution in [1.29, 1.82) is 0 Å². The maximum atomic E-state index is 13.7. The Bertz CT molecular complexity index is 1200. The maximum absolute atomic E-state index is 13.7. The molecule has 178 valence electrons. The first kappa shape index (κ1) is 26.1. The SMILES string of the molecule is Cc1ccc(CNC(=O)c2ccc(/C=C/C(c3cc(Cl)c(Cl)c(Cl)c3)C(F)(F)F)cc2C)cn1. The van der Waals surface area contributed by atoms with Gasteiger partial charge in [0.25, 0.3) is 5.91 Å². The second-order valence-corrected chi connectivity index (χ2v) is 8.93. The van der Waals surface area contributed by atoms with Crippen molar-refractivity contribution in [3.63, 3.8) is 0 Å². The highest BCUT2D eigenvalue weighted by Gasteiger charge is 2.39. The third-order valence-electron chi connectivity index (χ3n) is 5.12. The molecular weight excluding hydrogens is 508 g/mol. The third-order valence-corrected chi connectivity index (χ3v) is 6.32. The number of rotatable bonds is 6. The van der Waals surface area contributed by atoms with Gasteiger partial charge in [0.15, 0.2) is 0 Å². The van der Waals surface area contributed by atoms with Crippen LogP contribution in [0.5, 0.6) is 0 Å². The van der Waals surface area contributed by atoms with E-state index in [9.17, 15) is 18.0 Å². The number of aromatic nitrogens is 1. The van der Waals surface area contributed by atoms with E-state index in [4.69, 9.17) is 34.8 Å². The fraction of sp³-hybridized carbons (Fsp3) is 0.200. The summed E-state index contributed by atoms with van der Waals surface area (Å²) < 4.78 is 41.2. The summed E-state index contributed by atoms with van der Waals surface area (Å²) in [6.45, 7) is 3.91. The van der Waals surface area contributed by atoms with Gasteiger partial charge in [-0.3, -0.25) is 9.78 Å². The summed E-state index contributed by atoms with van der Waals surface area (Å²) in [4.78, 5) is 16.7. The average molecular weight is 528 g/mol. The minimum atomic E-state index is -4.57. The Kier molecular flexibility index (Phi) is 8.29. The second-order valence-electron chi connectivity index (χ2n) is 7.74. The lowest BCUT2D eigenvalue weighted by Crippen LogP contribution is -2.23. The van der Waals surface area contributed by atoms with Crippen LogP contribution in [0, 0.1) is 13.8 Å². The van der Waals surface area contributed by atoms with Crippen LogP contribution < -0.4 is 5.32 Å². The molecule has 0 aliphatic carbocycles.